The second-order valence-corrected chi connectivity index (χ2v) is 6.61. The molecule has 0 unspecified atom stereocenters. The molecule has 1 aliphatic heterocycles. The molecule has 2 aliphatic rings. The van der Waals surface area contributed by atoms with E-state index >= 15 is 0 Å². The highest BCUT2D eigenvalue weighted by Gasteiger charge is 2.34. The molecular formula is C17H23F3N2O. The highest BCUT2D eigenvalue weighted by molar-refractivity contribution is 5.28. The molecule has 2 fully saturated rings. The molecule has 1 aromatic rings. The van der Waals surface area contributed by atoms with Gasteiger partial charge >= 0.3 is 6.18 Å². The molecule has 23 heavy (non-hydrogen) atoms. The van der Waals surface area contributed by atoms with Crippen molar-refractivity contribution in [3.8, 4) is 0 Å². The molecule has 128 valence electrons. The van der Waals surface area contributed by atoms with Crippen molar-refractivity contribution in [1.82, 2.24) is 5.32 Å². The molecule has 1 saturated carbocycles. The summed E-state index contributed by atoms with van der Waals surface area (Å²) in [6.45, 7) is 1.60. The molecule has 1 heterocycles. The molecule has 1 aromatic carbocycles. The lowest BCUT2D eigenvalue weighted by molar-refractivity contribution is -0.137. The lowest BCUT2D eigenvalue weighted by Gasteiger charge is -2.38. The van der Waals surface area contributed by atoms with Crippen molar-refractivity contribution >= 4 is 0 Å². The SMILES string of the molecule is N[C@H]1CCCN[C@H]1CO[C@H]1C[C@@H](c2ccc(C(F)(F)F)cc2)C1. The highest BCUT2D eigenvalue weighted by atomic mass is 19.4. The average molecular weight is 328 g/mol. The van der Waals surface area contributed by atoms with E-state index < -0.39 is 11.7 Å². The number of hydrogen-bond acceptors (Lipinski definition) is 3. The lowest BCUT2D eigenvalue weighted by atomic mass is 9.77. The van der Waals surface area contributed by atoms with Gasteiger partial charge in [-0.15, -0.1) is 0 Å². The van der Waals surface area contributed by atoms with Crippen LogP contribution in [-0.2, 0) is 10.9 Å². The Hall–Kier alpha value is -1.11. The van der Waals surface area contributed by atoms with Gasteiger partial charge in [0.15, 0.2) is 0 Å². The van der Waals surface area contributed by atoms with Crippen LogP contribution in [0.2, 0.25) is 0 Å². The maximum Gasteiger partial charge on any atom is 0.416 e. The predicted octanol–water partition coefficient (Wildman–Crippen LogP) is 3.05. The summed E-state index contributed by atoms with van der Waals surface area (Å²) in [7, 11) is 0. The zero-order valence-electron chi connectivity index (χ0n) is 13.0. The van der Waals surface area contributed by atoms with Crippen LogP contribution in [0.5, 0.6) is 0 Å². The normalized spacial score (nSPS) is 31.7. The summed E-state index contributed by atoms with van der Waals surface area (Å²) < 4.78 is 43.5. The number of alkyl halides is 3. The third-order valence-corrected chi connectivity index (χ3v) is 4.95. The lowest BCUT2D eigenvalue weighted by Crippen LogP contribution is -2.52. The minimum atomic E-state index is -4.27. The molecule has 0 radical (unpaired) electrons. The van der Waals surface area contributed by atoms with Crippen LogP contribution in [0.4, 0.5) is 13.2 Å². The summed E-state index contributed by atoms with van der Waals surface area (Å²) in [5, 5.41) is 3.38. The van der Waals surface area contributed by atoms with Gasteiger partial charge in [0, 0.05) is 12.1 Å². The van der Waals surface area contributed by atoms with E-state index in [2.05, 4.69) is 5.32 Å². The van der Waals surface area contributed by atoms with Crippen molar-refractivity contribution < 1.29 is 17.9 Å². The first kappa shape index (κ1) is 16.7. The van der Waals surface area contributed by atoms with Crippen LogP contribution in [0, 0.1) is 0 Å². The van der Waals surface area contributed by atoms with Crippen LogP contribution >= 0.6 is 0 Å². The first-order valence-electron chi connectivity index (χ1n) is 8.21. The largest absolute Gasteiger partial charge is 0.416 e. The van der Waals surface area contributed by atoms with Crippen LogP contribution in [0.3, 0.4) is 0 Å². The Balaban J connectivity index is 1.44. The fraction of sp³-hybridized carbons (Fsp3) is 0.647. The molecule has 3 nitrogen and oxygen atoms in total. The van der Waals surface area contributed by atoms with Crippen molar-refractivity contribution in [2.45, 2.75) is 56.0 Å². The minimum Gasteiger partial charge on any atom is -0.376 e. The maximum absolute atomic E-state index is 12.6. The number of piperidine rings is 1. The Kier molecular flexibility index (Phi) is 4.94. The first-order valence-corrected chi connectivity index (χ1v) is 8.21. The molecule has 3 rings (SSSR count). The molecule has 0 aromatic heterocycles. The Bertz CT molecular complexity index is 512. The molecule has 3 N–H and O–H groups in total. The highest BCUT2D eigenvalue weighted by Crippen LogP contribution is 2.40. The monoisotopic (exact) mass is 328 g/mol. The Morgan fingerprint density at radius 1 is 1.17 bits per heavy atom. The van der Waals surface area contributed by atoms with Crippen molar-refractivity contribution in [1.29, 1.82) is 0 Å². The van der Waals surface area contributed by atoms with Crippen molar-refractivity contribution in [3.05, 3.63) is 35.4 Å². The summed E-state index contributed by atoms with van der Waals surface area (Å²) in [6.07, 6.45) is -0.203. The second-order valence-electron chi connectivity index (χ2n) is 6.61. The van der Waals surface area contributed by atoms with Gasteiger partial charge < -0.3 is 15.8 Å². The van der Waals surface area contributed by atoms with E-state index in [9.17, 15) is 13.2 Å². The molecule has 6 heteroatoms. The van der Waals surface area contributed by atoms with Crippen LogP contribution in [0.25, 0.3) is 0 Å². The molecule has 2 atom stereocenters. The Labute approximate surface area is 134 Å². The quantitative estimate of drug-likeness (QED) is 0.893. The maximum atomic E-state index is 12.6. The van der Waals surface area contributed by atoms with E-state index in [0.29, 0.717) is 12.5 Å². The molecular weight excluding hydrogens is 305 g/mol. The summed E-state index contributed by atoms with van der Waals surface area (Å²) in [4.78, 5) is 0. The number of nitrogens with one attached hydrogen (secondary N) is 1. The smallest absolute Gasteiger partial charge is 0.376 e. The summed E-state index contributed by atoms with van der Waals surface area (Å²) in [6, 6.07) is 5.86. The van der Waals surface area contributed by atoms with E-state index in [-0.39, 0.29) is 18.2 Å². The first-order chi connectivity index (χ1) is 10.9. The topological polar surface area (TPSA) is 47.3 Å². The van der Waals surface area contributed by atoms with E-state index in [4.69, 9.17) is 10.5 Å². The van der Waals surface area contributed by atoms with E-state index in [1.54, 1.807) is 12.1 Å². The van der Waals surface area contributed by atoms with Gasteiger partial charge in [-0.1, -0.05) is 12.1 Å². The van der Waals surface area contributed by atoms with E-state index in [1.165, 1.54) is 0 Å². The third kappa shape index (κ3) is 4.05. The number of hydrogen-bond donors (Lipinski definition) is 2. The van der Waals surface area contributed by atoms with Gasteiger partial charge in [-0.3, -0.25) is 0 Å². The van der Waals surface area contributed by atoms with Crippen LogP contribution in [0.1, 0.15) is 42.7 Å². The van der Waals surface area contributed by atoms with Crippen LogP contribution in [-0.4, -0.2) is 31.3 Å². The van der Waals surface area contributed by atoms with Crippen molar-refractivity contribution in [2.24, 2.45) is 5.73 Å². The van der Waals surface area contributed by atoms with Gasteiger partial charge in [-0.05, 0) is 55.8 Å². The fourth-order valence-corrected chi connectivity index (χ4v) is 3.32. The number of rotatable bonds is 4. The van der Waals surface area contributed by atoms with Crippen molar-refractivity contribution in [2.75, 3.05) is 13.2 Å². The van der Waals surface area contributed by atoms with Crippen LogP contribution < -0.4 is 11.1 Å². The van der Waals surface area contributed by atoms with Crippen molar-refractivity contribution in [3.63, 3.8) is 0 Å². The number of ether oxygens (including phenoxy) is 1. The van der Waals surface area contributed by atoms with Gasteiger partial charge in [0.05, 0.1) is 18.3 Å². The number of nitrogens with two attached hydrogens (primary N) is 1. The van der Waals surface area contributed by atoms with Gasteiger partial charge in [0.1, 0.15) is 0 Å². The summed E-state index contributed by atoms with van der Waals surface area (Å²) >= 11 is 0. The summed E-state index contributed by atoms with van der Waals surface area (Å²) in [5.41, 5.74) is 6.43. The Morgan fingerprint density at radius 2 is 1.87 bits per heavy atom. The van der Waals surface area contributed by atoms with E-state index in [0.717, 1.165) is 49.9 Å². The number of benzene rings is 1. The average Bonchev–Trinajstić information content (AvgIpc) is 2.47. The molecule has 0 amide bonds. The fourth-order valence-electron chi connectivity index (χ4n) is 3.32. The van der Waals surface area contributed by atoms with Gasteiger partial charge in [0.25, 0.3) is 0 Å². The second kappa shape index (κ2) is 6.79. The zero-order chi connectivity index (χ0) is 16.4. The number of halogens is 3. The predicted molar refractivity (Wildman–Crippen MR) is 82.2 cm³/mol. The molecule has 1 aliphatic carbocycles. The standard InChI is InChI=1S/C17H23F3N2O/c18-17(19,20)13-5-3-11(4-6-13)12-8-14(9-12)23-10-16-15(21)2-1-7-22-16/h3-6,12,14-16,22H,1-2,7-10,21H2/t12-,14+,15-,16-/m0/s1. The minimum absolute atomic E-state index is 0.148. The van der Waals surface area contributed by atoms with Gasteiger partial charge in [-0.2, -0.15) is 13.2 Å². The van der Waals surface area contributed by atoms with Gasteiger partial charge in [-0.25, -0.2) is 0 Å². The summed E-state index contributed by atoms with van der Waals surface area (Å²) in [5.74, 6) is 0.301. The third-order valence-electron chi connectivity index (χ3n) is 4.95. The molecule has 1 saturated heterocycles. The Morgan fingerprint density at radius 3 is 2.48 bits per heavy atom. The molecule has 0 bridgehead atoms. The van der Waals surface area contributed by atoms with Crippen LogP contribution in [0.15, 0.2) is 24.3 Å². The van der Waals surface area contributed by atoms with E-state index in [1.807, 2.05) is 0 Å². The van der Waals surface area contributed by atoms with Gasteiger partial charge in [0.2, 0.25) is 0 Å². The molecule has 0 spiro atoms. The zero-order valence-corrected chi connectivity index (χ0v) is 13.0.